The van der Waals surface area contributed by atoms with E-state index in [1.165, 1.54) is 0 Å². The van der Waals surface area contributed by atoms with Gasteiger partial charge in [-0.15, -0.1) is 4.68 Å². The molecule has 1 saturated carbocycles. The number of benzene rings is 1. The topological polar surface area (TPSA) is 91.0 Å². The van der Waals surface area contributed by atoms with E-state index in [0.717, 1.165) is 40.9 Å². The van der Waals surface area contributed by atoms with Gasteiger partial charge in [-0.25, -0.2) is 9.48 Å². The lowest BCUT2D eigenvalue weighted by atomic mass is 9.83. The van der Waals surface area contributed by atoms with E-state index in [-0.39, 0.29) is 5.91 Å². The molecule has 1 fully saturated rings. The summed E-state index contributed by atoms with van der Waals surface area (Å²) in [6, 6.07) is 9.08. The van der Waals surface area contributed by atoms with Crippen molar-refractivity contribution in [3.05, 3.63) is 59.0 Å². The molecule has 0 bridgehead atoms. The monoisotopic (exact) mass is 469 g/mol. The lowest BCUT2D eigenvalue weighted by molar-refractivity contribution is -0.117. The molecule has 3 aromatic rings. The predicted molar refractivity (Wildman–Crippen MR) is 126 cm³/mol. The van der Waals surface area contributed by atoms with E-state index < -0.39 is 17.6 Å². The van der Waals surface area contributed by atoms with Gasteiger partial charge < -0.3 is 10.1 Å². The quantitative estimate of drug-likeness (QED) is 0.531. The molecule has 1 unspecified atom stereocenters. The number of carbonyl (C=O) groups excluding carboxylic acids is 2. The molecular formula is C24H28ClN5O3. The molecule has 2 heterocycles. The zero-order valence-corrected chi connectivity index (χ0v) is 20.0. The molecular weight excluding hydrogens is 442 g/mol. The van der Waals surface area contributed by atoms with E-state index in [0.29, 0.717) is 16.8 Å². The van der Waals surface area contributed by atoms with Crippen molar-refractivity contribution >= 4 is 29.4 Å². The highest BCUT2D eigenvalue weighted by atomic mass is 35.5. The molecule has 174 valence electrons. The summed E-state index contributed by atoms with van der Waals surface area (Å²) < 4.78 is 8.31. The SMILES string of the molecule is CC(C(=O)Nc1cc(C2CCC2)nn1C(=O)OC(C)(C)C)c1cnn(-c2cccc(Cl)c2)c1. The van der Waals surface area contributed by atoms with Gasteiger partial charge in [0.1, 0.15) is 11.4 Å². The molecule has 0 spiro atoms. The molecule has 4 rings (SSSR count). The second-order valence-corrected chi connectivity index (χ2v) is 9.82. The van der Waals surface area contributed by atoms with Crippen LogP contribution < -0.4 is 5.32 Å². The van der Waals surface area contributed by atoms with Gasteiger partial charge in [0.15, 0.2) is 0 Å². The second-order valence-electron chi connectivity index (χ2n) is 9.38. The van der Waals surface area contributed by atoms with E-state index >= 15 is 0 Å². The van der Waals surface area contributed by atoms with Crippen molar-refractivity contribution < 1.29 is 14.3 Å². The first-order chi connectivity index (χ1) is 15.6. The number of ether oxygens (including phenoxy) is 1. The number of hydrogen-bond acceptors (Lipinski definition) is 5. The average Bonchev–Trinajstić information content (AvgIpc) is 3.32. The van der Waals surface area contributed by atoms with Crippen LogP contribution in [0, 0.1) is 0 Å². The first-order valence-electron chi connectivity index (χ1n) is 11.1. The molecule has 1 amide bonds. The van der Waals surface area contributed by atoms with Crippen LogP contribution in [-0.4, -0.2) is 37.2 Å². The van der Waals surface area contributed by atoms with E-state index in [2.05, 4.69) is 15.5 Å². The maximum absolute atomic E-state index is 13.1. The first kappa shape index (κ1) is 23.0. The van der Waals surface area contributed by atoms with Crippen molar-refractivity contribution in [3.63, 3.8) is 0 Å². The van der Waals surface area contributed by atoms with Crippen LogP contribution in [0.2, 0.25) is 5.02 Å². The van der Waals surface area contributed by atoms with Gasteiger partial charge in [0.05, 0.1) is 23.5 Å². The van der Waals surface area contributed by atoms with Crippen molar-refractivity contribution in [1.82, 2.24) is 19.6 Å². The van der Waals surface area contributed by atoms with Crippen molar-refractivity contribution in [2.75, 3.05) is 5.32 Å². The maximum atomic E-state index is 13.1. The lowest BCUT2D eigenvalue weighted by Crippen LogP contribution is -2.30. The van der Waals surface area contributed by atoms with Gasteiger partial charge in [-0.3, -0.25) is 4.79 Å². The van der Waals surface area contributed by atoms with Gasteiger partial charge in [-0.2, -0.15) is 10.2 Å². The van der Waals surface area contributed by atoms with Crippen LogP contribution in [0.5, 0.6) is 0 Å². The summed E-state index contributed by atoms with van der Waals surface area (Å²) in [6.45, 7) is 7.16. The van der Waals surface area contributed by atoms with Crippen molar-refractivity contribution in [2.45, 2.75) is 64.4 Å². The highest BCUT2D eigenvalue weighted by molar-refractivity contribution is 6.30. The highest BCUT2D eigenvalue weighted by Crippen LogP contribution is 2.36. The van der Waals surface area contributed by atoms with E-state index in [1.54, 1.807) is 63.0 Å². The Morgan fingerprint density at radius 3 is 2.64 bits per heavy atom. The Kier molecular flexibility index (Phi) is 6.30. The summed E-state index contributed by atoms with van der Waals surface area (Å²) >= 11 is 6.07. The Balaban J connectivity index is 1.54. The van der Waals surface area contributed by atoms with E-state index in [4.69, 9.17) is 16.3 Å². The number of nitrogens with zero attached hydrogens (tertiary/aromatic N) is 4. The number of anilines is 1. The number of aromatic nitrogens is 4. The summed E-state index contributed by atoms with van der Waals surface area (Å²) in [5.74, 6) is -0.166. The molecule has 9 heteroatoms. The third-order valence-electron chi connectivity index (χ3n) is 5.64. The minimum atomic E-state index is -0.677. The van der Waals surface area contributed by atoms with Crippen molar-refractivity contribution in [2.24, 2.45) is 0 Å². The van der Waals surface area contributed by atoms with Gasteiger partial charge in [-0.1, -0.05) is 24.1 Å². The molecule has 8 nitrogen and oxygen atoms in total. The standard InChI is InChI=1S/C24H28ClN5O3/c1-15(17-13-26-29(14-17)19-10-6-9-18(25)11-19)22(31)27-21-12-20(16-7-5-8-16)28-30(21)23(32)33-24(2,3)4/h6,9-16H,5,7-8H2,1-4H3,(H,27,31). The number of rotatable bonds is 5. The summed E-state index contributed by atoms with van der Waals surface area (Å²) in [7, 11) is 0. The number of amides is 1. The molecule has 0 radical (unpaired) electrons. The first-order valence-corrected chi connectivity index (χ1v) is 11.4. The van der Waals surface area contributed by atoms with Gasteiger partial charge in [0, 0.05) is 28.8 Å². The molecule has 33 heavy (non-hydrogen) atoms. The maximum Gasteiger partial charge on any atom is 0.437 e. The molecule has 0 saturated heterocycles. The number of nitrogens with one attached hydrogen (secondary N) is 1. The molecule has 1 atom stereocenters. The molecule has 0 aliphatic heterocycles. The van der Waals surface area contributed by atoms with Crippen LogP contribution in [0.4, 0.5) is 10.6 Å². The molecule has 1 N–H and O–H groups in total. The fourth-order valence-corrected chi connectivity index (χ4v) is 3.73. The Labute approximate surface area is 197 Å². The Morgan fingerprint density at radius 2 is 2.00 bits per heavy atom. The molecule has 2 aromatic heterocycles. The van der Waals surface area contributed by atoms with Crippen LogP contribution in [0.15, 0.2) is 42.7 Å². The Bertz CT molecular complexity index is 1170. The lowest BCUT2D eigenvalue weighted by Gasteiger charge is -2.23. The molecule has 1 aliphatic rings. The van der Waals surface area contributed by atoms with Gasteiger partial charge >= 0.3 is 6.09 Å². The van der Waals surface area contributed by atoms with Crippen molar-refractivity contribution in [3.8, 4) is 5.69 Å². The van der Waals surface area contributed by atoms with Gasteiger partial charge in [0.25, 0.3) is 0 Å². The van der Waals surface area contributed by atoms with Crippen LogP contribution >= 0.6 is 11.6 Å². The summed E-state index contributed by atoms with van der Waals surface area (Å²) in [5.41, 5.74) is 1.65. The normalized spacial score (nSPS) is 15.1. The summed E-state index contributed by atoms with van der Waals surface area (Å²) in [4.78, 5) is 25.8. The zero-order valence-electron chi connectivity index (χ0n) is 19.2. The van der Waals surface area contributed by atoms with Crippen molar-refractivity contribution in [1.29, 1.82) is 0 Å². The van der Waals surface area contributed by atoms with Crippen LogP contribution in [0.1, 0.15) is 70.1 Å². The fraction of sp³-hybridized carbons (Fsp3) is 0.417. The Morgan fingerprint density at radius 1 is 1.24 bits per heavy atom. The summed E-state index contributed by atoms with van der Waals surface area (Å²) in [6.07, 6.45) is 6.01. The number of carbonyl (C=O) groups is 2. The minimum Gasteiger partial charge on any atom is -0.442 e. The van der Waals surface area contributed by atoms with E-state index in [1.807, 2.05) is 12.1 Å². The highest BCUT2D eigenvalue weighted by Gasteiger charge is 2.29. The van der Waals surface area contributed by atoms with E-state index in [9.17, 15) is 9.59 Å². The van der Waals surface area contributed by atoms with Crippen LogP contribution in [0.25, 0.3) is 5.69 Å². The smallest absolute Gasteiger partial charge is 0.437 e. The zero-order chi connectivity index (χ0) is 23.8. The average molecular weight is 470 g/mol. The fourth-order valence-electron chi connectivity index (χ4n) is 3.54. The third-order valence-corrected chi connectivity index (χ3v) is 5.87. The van der Waals surface area contributed by atoms with Gasteiger partial charge in [0.2, 0.25) is 5.91 Å². The third kappa shape index (κ3) is 5.27. The molecule has 1 aliphatic carbocycles. The van der Waals surface area contributed by atoms with Crippen LogP contribution in [0.3, 0.4) is 0 Å². The number of halogens is 1. The van der Waals surface area contributed by atoms with Gasteiger partial charge in [-0.05, 0) is 58.7 Å². The summed E-state index contributed by atoms with van der Waals surface area (Å²) in [5, 5.41) is 12.3. The largest absolute Gasteiger partial charge is 0.442 e. The molecule has 1 aromatic carbocycles. The minimum absolute atomic E-state index is 0.273. The predicted octanol–water partition coefficient (Wildman–Crippen LogP) is 5.52. The number of hydrogen-bond donors (Lipinski definition) is 1. The van der Waals surface area contributed by atoms with Crippen LogP contribution in [-0.2, 0) is 9.53 Å². The Hall–Kier alpha value is -3.13. The second kappa shape index (κ2) is 9.02.